The van der Waals surface area contributed by atoms with Gasteiger partial charge in [0.05, 0.1) is 19.8 Å². The highest BCUT2D eigenvalue weighted by Crippen LogP contribution is 2.36. The van der Waals surface area contributed by atoms with Crippen LogP contribution >= 0.6 is 0 Å². The molecule has 0 saturated carbocycles. The van der Waals surface area contributed by atoms with Gasteiger partial charge in [-0.1, -0.05) is 90.7 Å². The first-order valence-electron chi connectivity index (χ1n) is 9.78. The van der Waals surface area contributed by atoms with E-state index in [1.807, 2.05) is 60.7 Å². The van der Waals surface area contributed by atoms with Crippen LogP contribution in [0.4, 0.5) is 0 Å². The monoisotopic (exact) mass is 390 g/mol. The van der Waals surface area contributed by atoms with Gasteiger partial charge < -0.3 is 9.47 Å². The highest BCUT2D eigenvalue weighted by Gasteiger charge is 2.13. The maximum absolute atomic E-state index is 5.63. The molecule has 4 aromatic carbocycles. The Kier molecular flexibility index (Phi) is 5.83. The quantitative estimate of drug-likeness (QED) is 0.373. The summed E-state index contributed by atoms with van der Waals surface area (Å²) in [6.45, 7) is 0. The zero-order chi connectivity index (χ0) is 20.8. The van der Waals surface area contributed by atoms with E-state index in [1.165, 1.54) is 0 Å². The van der Waals surface area contributed by atoms with Gasteiger partial charge in [0.15, 0.2) is 0 Å². The highest BCUT2D eigenvalue weighted by molar-refractivity contribution is 5.85. The minimum absolute atomic E-state index is 0.765. The second kappa shape index (κ2) is 9.03. The van der Waals surface area contributed by atoms with Crippen LogP contribution in [0, 0.1) is 11.8 Å². The smallest absolute Gasteiger partial charge is 0.134 e. The molecule has 0 unspecified atom stereocenters. The summed E-state index contributed by atoms with van der Waals surface area (Å²) >= 11 is 0. The van der Waals surface area contributed by atoms with Crippen molar-refractivity contribution in [2.75, 3.05) is 14.2 Å². The predicted molar refractivity (Wildman–Crippen MR) is 123 cm³/mol. The molecule has 0 aliphatic heterocycles. The largest absolute Gasteiger partial charge is 0.496 e. The number of ether oxygens (including phenoxy) is 2. The Labute approximate surface area is 177 Å². The lowest BCUT2D eigenvalue weighted by molar-refractivity contribution is 0.413. The van der Waals surface area contributed by atoms with Crippen molar-refractivity contribution in [3.63, 3.8) is 0 Å². The summed E-state index contributed by atoms with van der Waals surface area (Å²) < 4.78 is 11.1. The van der Waals surface area contributed by atoms with Gasteiger partial charge in [0.2, 0.25) is 0 Å². The molecule has 0 atom stereocenters. The summed E-state index contributed by atoms with van der Waals surface area (Å²) in [6.07, 6.45) is 0. The number of methoxy groups -OCH3 is 2. The molecule has 0 aliphatic rings. The van der Waals surface area contributed by atoms with Gasteiger partial charge in [-0.05, 0) is 29.3 Å². The molecule has 0 saturated heterocycles. The van der Waals surface area contributed by atoms with E-state index in [0.717, 1.165) is 44.9 Å². The maximum Gasteiger partial charge on any atom is 0.134 e. The number of benzene rings is 4. The second-order valence-corrected chi connectivity index (χ2v) is 6.74. The Balaban J connectivity index is 1.96. The van der Waals surface area contributed by atoms with E-state index >= 15 is 0 Å². The highest BCUT2D eigenvalue weighted by atomic mass is 16.5. The Morgan fingerprint density at radius 2 is 1.10 bits per heavy atom. The van der Waals surface area contributed by atoms with Gasteiger partial charge in [0.1, 0.15) is 11.5 Å². The molecule has 0 spiro atoms. The van der Waals surface area contributed by atoms with Gasteiger partial charge in [-0.15, -0.1) is 0 Å². The van der Waals surface area contributed by atoms with E-state index in [9.17, 15) is 0 Å². The molecule has 0 aromatic heterocycles. The molecule has 0 heterocycles. The first-order valence-corrected chi connectivity index (χ1v) is 9.78. The first kappa shape index (κ1) is 19.4. The van der Waals surface area contributed by atoms with Crippen LogP contribution in [0.15, 0.2) is 97.1 Å². The zero-order valence-corrected chi connectivity index (χ0v) is 17.1. The van der Waals surface area contributed by atoms with Crippen molar-refractivity contribution in [1.82, 2.24) is 0 Å². The standard InChI is InChI=1S/C28H22O2/c1-29-27-17-8-6-13-22(27)19-20-25-23(21-11-4-3-5-12-21)15-10-16-24(25)26-14-7-9-18-28(26)30-2/h3-18H,1-2H3. The molecule has 2 nitrogen and oxygen atoms in total. The van der Waals surface area contributed by atoms with E-state index in [2.05, 4.69) is 48.2 Å². The Morgan fingerprint density at radius 3 is 1.87 bits per heavy atom. The average molecular weight is 390 g/mol. The van der Waals surface area contributed by atoms with Crippen molar-refractivity contribution in [3.8, 4) is 45.6 Å². The van der Waals surface area contributed by atoms with Crippen LogP contribution in [-0.4, -0.2) is 14.2 Å². The van der Waals surface area contributed by atoms with Gasteiger partial charge in [-0.25, -0.2) is 0 Å². The van der Waals surface area contributed by atoms with Gasteiger partial charge in [0.25, 0.3) is 0 Å². The lowest BCUT2D eigenvalue weighted by atomic mass is 9.91. The third kappa shape index (κ3) is 3.92. The number of hydrogen-bond donors (Lipinski definition) is 0. The van der Waals surface area contributed by atoms with Crippen LogP contribution in [0.2, 0.25) is 0 Å². The van der Waals surface area contributed by atoms with E-state index < -0.39 is 0 Å². The van der Waals surface area contributed by atoms with Gasteiger partial charge in [-0.3, -0.25) is 0 Å². The van der Waals surface area contributed by atoms with Crippen LogP contribution < -0.4 is 9.47 Å². The van der Waals surface area contributed by atoms with Crippen LogP contribution in [0.5, 0.6) is 11.5 Å². The predicted octanol–water partition coefficient (Wildman–Crippen LogP) is 6.44. The summed E-state index contributed by atoms with van der Waals surface area (Å²) in [5.74, 6) is 8.35. The average Bonchev–Trinajstić information content (AvgIpc) is 2.83. The maximum atomic E-state index is 5.63. The number of para-hydroxylation sites is 2. The van der Waals surface area contributed by atoms with Gasteiger partial charge in [0, 0.05) is 16.7 Å². The topological polar surface area (TPSA) is 18.5 Å². The lowest BCUT2D eigenvalue weighted by Crippen LogP contribution is -1.93. The van der Waals surface area contributed by atoms with Crippen molar-refractivity contribution in [2.45, 2.75) is 0 Å². The SMILES string of the molecule is COc1ccccc1C#Cc1c(-c2ccccc2)cccc1-c1ccccc1OC. The summed E-state index contributed by atoms with van der Waals surface area (Å²) in [7, 11) is 3.36. The van der Waals surface area contributed by atoms with Crippen molar-refractivity contribution in [1.29, 1.82) is 0 Å². The van der Waals surface area contributed by atoms with Crippen molar-refractivity contribution in [3.05, 3.63) is 108 Å². The number of hydrogen-bond acceptors (Lipinski definition) is 2. The molecule has 0 fully saturated rings. The summed E-state index contributed by atoms with van der Waals surface area (Å²) in [4.78, 5) is 0. The van der Waals surface area contributed by atoms with Crippen molar-refractivity contribution in [2.24, 2.45) is 0 Å². The van der Waals surface area contributed by atoms with Crippen molar-refractivity contribution < 1.29 is 9.47 Å². The summed E-state index contributed by atoms with van der Waals surface area (Å²) in [5.41, 5.74) is 6.08. The normalized spacial score (nSPS) is 10.1. The first-order chi connectivity index (χ1) is 14.8. The molecule has 0 aliphatic carbocycles. The molecule has 146 valence electrons. The van der Waals surface area contributed by atoms with Crippen LogP contribution in [0.1, 0.15) is 11.1 Å². The Morgan fingerprint density at radius 1 is 0.500 bits per heavy atom. The van der Waals surface area contributed by atoms with Gasteiger partial charge >= 0.3 is 0 Å². The molecule has 0 radical (unpaired) electrons. The van der Waals surface area contributed by atoms with E-state index in [0.29, 0.717) is 0 Å². The number of rotatable bonds is 4. The van der Waals surface area contributed by atoms with E-state index in [4.69, 9.17) is 9.47 Å². The fourth-order valence-electron chi connectivity index (χ4n) is 3.51. The van der Waals surface area contributed by atoms with E-state index in [1.54, 1.807) is 14.2 Å². The summed E-state index contributed by atoms with van der Waals surface area (Å²) in [6, 6.07) is 32.4. The van der Waals surface area contributed by atoms with Crippen LogP contribution in [-0.2, 0) is 0 Å². The third-order valence-electron chi connectivity index (χ3n) is 4.98. The molecular formula is C28H22O2. The molecule has 0 N–H and O–H groups in total. The van der Waals surface area contributed by atoms with Crippen LogP contribution in [0.3, 0.4) is 0 Å². The fraction of sp³-hybridized carbons (Fsp3) is 0.0714. The molecule has 0 bridgehead atoms. The Bertz CT molecular complexity index is 1210. The minimum atomic E-state index is 0.765. The van der Waals surface area contributed by atoms with E-state index in [-0.39, 0.29) is 0 Å². The van der Waals surface area contributed by atoms with Crippen LogP contribution in [0.25, 0.3) is 22.3 Å². The van der Waals surface area contributed by atoms with Crippen molar-refractivity contribution >= 4 is 0 Å². The summed E-state index contributed by atoms with van der Waals surface area (Å²) in [5, 5.41) is 0. The Hall–Kier alpha value is -3.96. The molecule has 4 aromatic rings. The fourth-order valence-corrected chi connectivity index (χ4v) is 3.51. The molecule has 4 rings (SSSR count). The molecular weight excluding hydrogens is 368 g/mol. The molecule has 2 heteroatoms. The third-order valence-corrected chi connectivity index (χ3v) is 4.98. The zero-order valence-electron chi connectivity index (χ0n) is 17.1. The lowest BCUT2D eigenvalue weighted by Gasteiger charge is -2.14. The van der Waals surface area contributed by atoms with Gasteiger partial charge in [-0.2, -0.15) is 0 Å². The molecule has 0 amide bonds. The molecule has 30 heavy (non-hydrogen) atoms. The second-order valence-electron chi connectivity index (χ2n) is 6.74. The minimum Gasteiger partial charge on any atom is -0.496 e.